The molecule has 1 aliphatic rings. The van der Waals surface area contributed by atoms with Gasteiger partial charge >= 0.3 is 0 Å². The first-order valence-electron chi connectivity index (χ1n) is 4.79. The van der Waals surface area contributed by atoms with E-state index in [-0.39, 0.29) is 11.9 Å². The maximum atomic E-state index is 13.2. The zero-order valence-corrected chi connectivity index (χ0v) is 7.91. The molecule has 1 aromatic carbocycles. The Hall–Kier alpha value is -0.930. The first-order valence-corrected chi connectivity index (χ1v) is 4.79. The minimum Gasteiger partial charge on any atom is -0.379 e. The zero-order chi connectivity index (χ0) is 9.80. The first-order chi connectivity index (χ1) is 6.86. The second-order valence-corrected chi connectivity index (χ2v) is 3.39. The van der Waals surface area contributed by atoms with Gasteiger partial charge in [-0.25, -0.2) is 4.39 Å². The van der Waals surface area contributed by atoms with Crippen LogP contribution in [-0.2, 0) is 16.1 Å². The van der Waals surface area contributed by atoms with Crippen molar-refractivity contribution < 1.29 is 13.9 Å². The van der Waals surface area contributed by atoms with Crippen LogP contribution in [0.15, 0.2) is 24.3 Å². The monoisotopic (exact) mass is 196 g/mol. The molecule has 0 amide bonds. The lowest BCUT2D eigenvalue weighted by atomic mass is 10.2. The summed E-state index contributed by atoms with van der Waals surface area (Å²) >= 11 is 0. The number of hydrogen-bond donors (Lipinski definition) is 0. The molecule has 0 saturated carbocycles. The lowest BCUT2D eigenvalue weighted by Gasteiger charge is -2.09. The van der Waals surface area contributed by atoms with Gasteiger partial charge in [0.25, 0.3) is 0 Å². The second kappa shape index (κ2) is 4.53. The van der Waals surface area contributed by atoms with Crippen molar-refractivity contribution in [1.29, 1.82) is 0 Å². The van der Waals surface area contributed by atoms with E-state index in [1.165, 1.54) is 6.07 Å². The van der Waals surface area contributed by atoms with E-state index in [4.69, 9.17) is 9.47 Å². The Morgan fingerprint density at radius 3 is 3.00 bits per heavy atom. The molecule has 1 unspecified atom stereocenters. The van der Waals surface area contributed by atoms with Crippen molar-refractivity contribution in [2.45, 2.75) is 19.1 Å². The summed E-state index contributed by atoms with van der Waals surface area (Å²) in [6.45, 7) is 1.72. The second-order valence-electron chi connectivity index (χ2n) is 3.39. The van der Waals surface area contributed by atoms with Crippen LogP contribution >= 0.6 is 0 Å². The van der Waals surface area contributed by atoms with Crippen LogP contribution in [-0.4, -0.2) is 19.3 Å². The van der Waals surface area contributed by atoms with Crippen LogP contribution in [0.25, 0.3) is 0 Å². The van der Waals surface area contributed by atoms with Crippen LogP contribution in [0.2, 0.25) is 0 Å². The molecule has 1 atom stereocenters. The van der Waals surface area contributed by atoms with Crippen LogP contribution in [0, 0.1) is 5.82 Å². The summed E-state index contributed by atoms with van der Waals surface area (Å²) in [5, 5.41) is 0. The van der Waals surface area contributed by atoms with Crippen molar-refractivity contribution in [2.75, 3.05) is 13.2 Å². The van der Waals surface area contributed by atoms with Gasteiger partial charge in [-0.15, -0.1) is 0 Å². The van der Waals surface area contributed by atoms with E-state index < -0.39 is 0 Å². The number of rotatable bonds is 3. The standard InChI is InChI=1S/C11H13FO2/c12-11-4-2-1-3-9(11)7-14-10-5-6-13-8-10/h1-4,10H,5-8H2. The lowest BCUT2D eigenvalue weighted by Crippen LogP contribution is -2.12. The molecule has 0 bridgehead atoms. The van der Waals surface area contributed by atoms with Crippen molar-refractivity contribution in [2.24, 2.45) is 0 Å². The molecule has 0 spiro atoms. The van der Waals surface area contributed by atoms with Gasteiger partial charge in [-0.3, -0.25) is 0 Å². The Morgan fingerprint density at radius 2 is 2.29 bits per heavy atom. The highest BCUT2D eigenvalue weighted by atomic mass is 19.1. The first kappa shape index (κ1) is 9.62. The lowest BCUT2D eigenvalue weighted by molar-refractivity contribution is 0.0304. The summed E-state index contributed by atoms with van der Waals surface area (Å²) in [6.07, 6.45) is 1.05. The van der Waals surface area contributed by atoms with E-state index in [2.05, 4.69) is 0 Å². The SMILES string of the molecule is Fc1ccccc1COC1CCOC1. The van der Waals surface area contributed by atoms with E-state index in [0.29, 0.717) is 18.8 Å². The molecular formula is C11H13FO2. The van der Waals surface area contributed by atoms with Gasteiger partial charge in [0, 0.05) is 12.2 Å². The highest BCUT2D eigenvalue weighted by molar-refractivity contribution is 5.16. The molecule has 1 fully saturated rings. The number of halogens is 1. The Kier molecular flexibility index (Phi) is 3.11. The van der Waals surface area contributed by atoms with Gasteiger partial charge in [0.2, 0.25) is 0 Å². The van der Waals surface area contributed by atoms with Gasteiger partial charge in [0.05, 0.1) is 19.3 Å². The Bertz CT molecular complexity index is 295. The topological polar surface area (TPSA) is 18.5 Å². The third-order valence-electron chi connectivity index (χ3n) is 2.32. The molecule has 0 aromatic heterocycles. The maximum absolute atomic E-state index is 13.2. The van der Waals surface area contributed by atoms with Crippen molar-refractivity contribution in [3.63, 3.8) is 0 Å². The minimum atomic E-state index is -0.202. The minimum absolute atomic E-state index is 0.134. The maximum Gasteiger partial charge on any atom is 0.128 e. The molecule has 76 valence electrons. The largest absolute Gasteiger partial charge is 0.379 e. The van der Waals surface area contributed by atoms with Crippen LogP contribution in [0.4, 0.5) is 4.39 Å². The average Bonchev–Trinajstić information content (AvgIpc) is 2.69. The summed E-state index contributed by atoms with van der Waals surface area (Å²) in [5.41, 5.74) is 0.611. The number of ether oxygens (including phenoxy) is 2. The third-order valence-corrected chi connectivity index (χ3v) is 2.32. The Morgan fingerprint density at radius 1 is 1.43 bits per heavy atom. The van der Waals surface area contributed by atoms with Crippen molar-refractivity contribution in [3.05, 3.63) is 35.6 Å². The molecule has 14 heavy (non-hydrogen) atoms. The van der Waals surface area contributed by atoms with E-state index in [1.54, 1.807) is 12.1 Å². The van der Waals surface area contributed by atoms with Crippen LogP contribution < -0.4 is 0 Å². The zero-order valence-electron chi connectivity index (χ0n) is 7.91. The summed E-state index contributed by atoms with van der Waals surface area (Å²) in [5.74, 6) is -0.202. The van der Waals surface area contributed by atoms with E-state index in [9.17, 15) is 4.39 Å². The van der Waals surface area contributed by atoms with Crippen molar-refractivity contribution in [3.8, 4) is 0 Å². The van der Waals surface area contributed by atoms with Gasteiger partial charge in [0.1, 0.15) is 5.82 Å². The van der Waals surface area contributed by atoms with Gasteiger partial charge < -0.3 is 9.47 Å². The quantitative estimate of drug-likeness (QED) is 0.737. The molecule has 2 nitrogen and oxygen atoms in total. The molecule has 0 aliphatic carbocycles. The Balaban J connectivity index is 1.88. The molecule has 1 heterocycles. The molecule has 0 N–H and O–H groups in total. The fourth-order valence-corrected chi connectivity index (χ4v) is 1.47. The van der Waals surface area contributed by atoms with Gasteiger partial charge in [-0.1, -0.05) is 18.2 Å². The van der Waals surface area contributed by atoms with E-state index in [1.807, 2.05) is 6.07 Å². The predicted octanol–water partition coefficient (Wildman–Crippen LogP) is 2.13. The smallest absolute Gasteiger partial charge is 0.128 e. The van der Waals surface area contributed by atoms with Gasteiger partial charge in [0.15, 0.2) is 0 Å². The third kappa shape index (κ3) is 2.30. The van der Waals surface area contributed by atoms with Crippen molar-refractivity contribution in [1.82, 2.24) is 0 Å². The van der Waals surface area contributed by atoms with Crippen molar-refractivity contribution >= 4 is 0 Å². The fourth-order valence-electron chi connectivity index (χ4n) is 1.47. The summed E-state index contributed by atoms with van der Waals surface area (Å²) in [4.78, 5) is 0. The van der Waals surface area contributed by atoms with Gasteiger partial charge in [-0.2, -0.15) is 0 Å². The van der Waals surface area contributed by atoms with Gasteiger partial charge in [-0.05, 0) is 12.5 Å². The molecule has 1 aromatic rings. The fraction of sp³-hybridized carbons (Fsp3) is 0.455. The molecular weight excluding hydrogens is 183 g/mol. The Labute approximate surface area is 82.6 Å². The van der Waals surface area contributed by atoms with Crippen LogP contribution in [0.3, 0.4) is 0 Å². The molecule has 1 aliphatic heterocycles. The predicted molar refractivity (Wildman–Crippen MR) is 50.4 cm³/mol. The highest BCUT2D eigenvalue weighted by Gasteiger charge is 2.16. The molecule has 1 saturated heterocycles. The van der Waals surface area contributed by atoms with Crippen LogP contribution in [0.1, 0.15) is 12.0 Å². The molecule has 2 rings (SSSR count). The van der Waals surface area contributed by atoms with E-state index >= 15 is 0 Å². The van der Waals surface area contributed by atoms with Crippen LogP contribution in [0.5, 0.6) is 0 Å². The normalized spacial score (nSPS) is 21.4. The molecule has 0 radical (unpaired) electrons. The highest BCUT2D eigenvalue weighted by Crippen LogP contribution is 2.13. The summed E-state index contributed by atoms with van der Waals surface area (Å²) in [6, 6.07) is 6.68. The van der Waals surface area contributed by atoms with E-state index in [0.717, 1.165) is 13.0 Å². The number of hydrogen-bond acceptors (Lipinski definition) is 2. The summed E-state index contributed by atoms with van der Waals surface area (Å²) < 4.78 is 23.8. The average molecular weight is 196 g/mol. The summed E-state index contributed by atoms with van der Waals surface area (Å²) in [7, 11) is 0. The number of benzene rings is 1. The molecule has 3 heteroatoms.